The number of ether oxygens (including phenoxy) is 1. The lowest BCUT2D eigenvalue weighted by molar-refractivity contribution is 0.0697. The topological polar surface area (TPSA) is 83.8 Å². The number of aliphatic hydroxyl groups excluding tert-OH is 1. The molecule has 0 saturated heterocycles. The molecule has 2 aromatic rings. The second-order valence-electron chi connectivity index (χ2n) is 4.40. The number of rotatable bonds is 5. The first-order valence-electron chi connectivity index (χ1n) is 6.22. The third-order valence-corrected chi connectivity index (χ3v) is 3.08. The number of hydrogen-bond donors (Lipinski definition) is 2. The average molecular weight is 286 g/mol. The molecule has 0 spiro atoms. The van der Waals surface area contributed by atoms with E-state index >= 15 is 0 Å². The Labute approximate surface area is 121 Å². The summed E-state index contributed by atoms with van der Waals surface area (Å²) in [4.78, 5) is 23.3. The highest BCUT2D eigenvalue weighted by Crippen LogP contribution is 2.22. The van der Waals surface area contributed by atoms with Crippen LogP contribution in [0.3, 0.4) is 0 Å². The summed E-state index contributed by atoms with van der Waals surface area (Å²) in [6.45, 7) is -0.251. The third-order valence-electron chi connectivity index (χ3n) is 3.08. The zero-order valence-corrected chi connectivity index (χ0v) is 11.4. The lowest BCUT2D eigenvalue weighted by Gasteiger charge is -2.08. The minimum absolute atomic E-state index is 0.0525. The molecule has 5 nitrogen and oxygen atoms in total. The predicted octanol–water partition coefficient (Wildman–Crippen LogP) is 2.12. The molecule has 0 aromatic heterocycles. The molecule has 2 N–H and O–H groups in total. The van der Waals surface area contributed by atoms with Gasteiger partial charge in [0.05, 0.1) is 19.3 Å². The largest absolute Gasteiger partial charge is 0.496 e. The van der Waals surface area contributed by atoms with E-state index in [1.54, 1.807) is 18.2 Å². The molecule has 108 valence electrons. The number of methoxy groups -OCH3 is 1. The van der Waals surface area contributed by atoms with Crippen LogP contribution in [0.15, 0.2) is 42.5 Å². The van der Waals surface area contributed by atoms with Crippen molar-refractivity contribution in [2.45, 2.75) is 6.61 Å². The lowest BCUT2D eigenvalue weighted by atomic mass is 9.99. The first-order chi connectivity index (χ1) is 10.1. The summed E-state index contributed by atoms with van der Waals surface area (Å²) in [6.07, 6.45) is 0. The first-order valence-corrected chi connectivity index (χ1v) is 6.22. The van der Waals surface area contributed by atoms with Gasteiger partial charge in [0, 0.05) is 16.7 Å². The van der Waals surface area contributed by atoms with E-state index in [0.29, 0.717) is 16.9 Å². The number of carbonyl (C=O) groups is 2. The second-order valence-corrected chi connectivity index (χ2v) is 4.40. The summed E-state index contributed by atoms with van der Waals surface area (Å²) < 4.78 is 5.08. The highest BCUT2D eigenvalue weighted by Gasteiger charge is 2.13. The number of aliphatic hydroxyl groups is 1. The summed E-state index contributed by atoms with van der Waals surface area (Å²) in [7, 11) is 1.48. The van der Waals surface area contributed by atoms with Crippen LogP contribution in [0.5, 0.6) is 5.75 Å². The molecule has 0 bridgehead atoms. The van der Waals surface area contributed by atoms with Crippen molar-refractivity contribution in [3.8, 4) is 5.75 Å². The molecule has 0 radical (unpaired) electrons. The van der Waals surface area contributed by atoms with Crippen LogP contribution in [0.4, 0.5) is 0 Å². The number of carboxylic acids is 1. The second kappa shape index (κ2) is 6.19. The molecule has 0 amide bonds. The summed E-state index contributed by atoms with van der Waals surface area (Å²) >= 11 is 0. The molecular weight excluding hydrogens is 272 g/mol. The zero-order valence-electron chi connectivity index (χ0n) is 11.4. The number of carboxylic acid groups (broad SMARTS) is 1. The molecule has 0 unspecified atom stereocenters. The van der Waals surface area contributed by atoms with Crippen LogP contribution < -0.4 is 4.74 Å². The Kier molecular flexibility index (Phi) is 4.35. The van der Waals surface area contributed by atoms with Gasteiger partial charge in [-0.3, -0.25) is 4.79 Å². The molecule has 0 saturated carbocycles. The summed E-state index contributed by atoms with van der Waals surface area (Å²) in [5.41, 5.74) is 1.20. The van der Waals surface area contributed by atoms with Gasteiger partial charge >= 0.3 is 5.97 Å². The average Bonchev–Trinajstić information content (AvgIpc) is 2.53. The van der Waals surface area contributed by atoms with Gasteiger partial charge in [-0.2, -0.15) is 0 Å². The van der Waals surface area contributed by atoms with Crippen LogP contribution in [0.1, 0.15) is 31.8 Å². The first kappa shape index (κ1) is 14.7. The fraction of sp³-hybridized carbons (Fsp3) is 0.125. The van der Waals surface area contributed by atoms with Crippen molar-refractivity contribution >= 4 is 11.8 Å². The highest BCUT2D eigenvalue weighted by atomic mass is 16.5. The van der Waals surface area contributed by atoms with Gasteiger partial charge in [0.25, 0.3) is 0 Å². The van der Waals surface area contributed by atoms with Crippen LogP contribution in [0.25, 0.3) is 0 Å². The van der Waals surface area contributed by atoms with Gasteiger partial charge in [-0.15, -0.1) is 0 Å². The van der Waals surface area contributed by atoms with Crippen molar-refractivity contribution in [1.82, 2.24) is 0 Å². The standard InChI is InChI=1S/C16H14O5/c1-21-14-6-5-11(8-13(14)9-17)15(18)10-3-2-4-12(7-10)16(19)20/h2-8,17H,9H2,1H3,(H,19,20). The van der Waals surface area contributed by atoms with E-state index in [1.165, 1.54) is 31.4 Å². The Morgan fingerprint density at radius 2 is 1.71 bits per heavy atom. The van der Waals surface area contributed by atoms with Crippen molar-refractivity contribution in [3.63, 3.8) is 0 Å². The van der Waals surface area contributed by atoms with Crippen LogP contribution in [0, 0.1) is 0 Å². The van der Waals surface area contributed by atoms with Crippen LogP contribution >= 0.6 is 0 Å². The SMILES string of the molecule is COc1ccc(C(=O)c2cccc(C(=O)O)c2)cc1CO. The molecule has 2 rings (SSSR count). The van der Waals surface area contributed by atoms with Crippen LogP contribution in [0.2, 0.25) is 0 Å². The van der Waals surface area contributed by atoms with E-state index in [1.807, 2.05) is 0 Å². The molecule has 0 aliphatic rings. The van der Waals surface area contributed by atoms with Gasteiger partial charge in [-0.1, -0.05) is 12.1 Å². The van der Waals surface area contributed by atoms with Crippen molar-refractivity contribution in [1.29, 1.82) is 0 Å². The van der Waals surface area contributed by atoms with E-state index in [0.717, 1.165) is 0 Å². The van der Waals surface area contributed by atoms with Crippen molar-refractivity contribution in [2.75, 3.05) is 7.11 Å². The summed E-state index contributed by atoms with van der Waals surface area (Å²) in [5, 5.41) is 18.2. The normalized spacial score (nSPS) is 10.2. The number of aromatic carboxylic acids is 1. The number of hydrogen-bond acceptors (Lipinski definition) is 4. The number of benzene rings is 2. The van der Waals surface area contributed by atoms with Crippen LogP contribution in [-0.4, -0.2) is 29.1 Å². The molecule has 0 atom stereocenters. The van der Waals surface area contributed by atoms with Crippen molar-refractivity contribution in [3.05, 3.63) is 64.7 Å². The predicted molar refractivity (Wildman–Crippen MR) is 75.8 cm³/mol. The molecule has 0 heterocycles. The van der Waals surface area contributed by atoms with E-state index in [-0.39, 0.29) is 23.5 Å². The van der Waals surface area contributed by atoms with Gasteiger partial charge in [0.1, 0.15) is 5.75 Å². The van der Waals surface area contributed by atoms with E-state index in [4.69, 9.17) is 9.84 Å². The maximum atomic E-state index is 12.4. The summed E-state index contributed by atoms with van der Waals surface area (Å²) in [5.74, 6) is -0.904. The minimum atomic E-state index is -1.09. The number of carbonyl (C=O) groups excluding carboxylic acids is 1. The summed E-state index contributed by atoms with van der Waals surface area (Å²) in [6, 6.07) is 10.5. The molecule has 0 aliphatic heterocycles. The Morgan fingerprint density at radius 3 is 2.33 bits per heavy atom. The monoisotopic (exact) mass is 286 g/mol. The molecule has 5 heteroatoms. The van der Waals surface area contributed by atoms with Gasteiger partial charge in [0.15, 0.2) is 5.78 Å². The van der Waals surface area contributed by atoms with Crippen molar-refractivity contribution < 1.29 is 24.5 Å². The third kappa shape index (κ3) is 3.09. The lowest BCUT2D eigenvalue weighted by Crippen LogP contribution is -2.05. The quantitative estimate of drug-likeness (QED) is 0.822. The van der Waals surface area contributed by atoms with Gasteiger partial charge < -0.3 is 14.9 Å². The van der Waals surface area contributed by atoms with Crippen molar-refractivity contribution in [2.24, 2.45) is 0 Å². The molecular formula is C16H14O5. The Bertz CT molecular complexity index is 691. The molecule has 21 heavy (non-hydrogen) atoms. The van der Waals surface area contributed by atoms with E-state index < -0.39 is 5.97 Å². The molecule has 2 aromatic carbocycles. The van der Waals surface area contributed by atoms with Gasteiger partial charge in [0.2, 0.25) is 0 Å². The Hall–Kier alpha value is -2.66. The Balaban J connectivity index is 2.40. The van der Waals surface area contributed by atoms with E-state index in [9.17, 15) is 14.7 Å². The van der Waals surface area contributed by atoms with E-state index in [2.05, 4.69) is 0 Å². The number of ketones is 1. The highest BCUT2D eigenvalue weighted by molar-refractivity contribution is 6.10. The Morgan fingerprint density at radius 1 is 1.05 bits per heavy atom. The minimum Gasteiger partial charge on any atom is -0.496 e. The smallest absolute Gasteiger partial charge is 0.335 e. The zero-order chi connectivity index (χ0) is 15.4. The maximum Gasteiger partial charge on any atom is 0.335 e. The van der Waals surface area contributed by atoms with Gasteiger partial charge in [-0.05, 0) is 30.3 Å². The fourth-order valence-electron chi connectivity index (χ4n) is 2.00. The molecule has 0 fully saturated rings. The molecule has 0 aliphatic carbocycles. The van der Waals surface area contributed by atoms with Gasteiger partial charge in [-0.25, -0.2) is 4.79 Å². The van der Waals surface area contributed by atoms with Crippen LogP contribution in [-0.2, 0) is 6.61 Å². The fourth-order valence-corrected chi connectivity index (χ4v) is 2.00. The maximum absolute atomic E-state index is 12.4.